The number of phenols is 1. The second-order valence-electron chi connectivity index (χ2n) is 8.64. The first-order chi connectivity index (χ1) is 17.7. The number of nitrogens with one attached hydrogen (secondary N) is 1. The van der Waals surface area contributed by atoms with Crippen LogP contribution in [-0.4, -0.2) is 40.6 Å². The van der Waals surface area contributed by atoms with Gasteiger partial charge in [-0.2, -0.15) is 0 Å². The van der Waals surface area contributed by atoms with Crippen molar-refractivity contribution in [2.75, 3.05) is 6.54 Å². The molecule has 1 aliphatic carbocycles. The third kappa shape index (κ3) is 5.44. The number of carboxylic acid groups (broad SMARTS) is 1. The number of phenolic OH excluding ortho intramolecular Hbond substituents is 1. The highest BCUT2D eigenvalue weighted by molar-refractivity contribution is 6.09. The van der Waals surface area contributed by atoms with Crippen LogP contribution in [0.5, 0.6) is 5.75 Å². The standard InChI is InChI=1S/C27H25N3O7/c28-21(25(29)33)3-1-2-10-30-26(34)14-4-7-17(27(35)36)20(11-14)24-18-8-5-15(31)12-22(18)37-23-13-16(32)6-9-19(23)24/h4-9,11-13,21,31H,1-3,10,28H2,(H2,29,33)(H,30,34)(H,35,36)/t21-/m1/s1. The van der Waals surface area contributed by atoms with E-state index in [4.69, 9.17) is 15.9 Å². The topological polar surface area (TPSA) is 186 Å². The van der Waals surface area contributed by atoms with E-state index in [1.54, 1.807) is 6.07 Å². The number of rotatable bonds is 9. The quantitative estimate of drug-likeness (QED) is 0.170. The zero-order chi connectivity index (χ0) is 26.7. The molecule has 4 rings (SSSR count). The SMILES string of the molecule is NC(=O)[C@H](N)CCCCNC(=O)c1ccc(C(=O)O)c(-c2c3ccc(=O)cc-3oc3cc(O)ccc23)c1. The second-order valence-corrected chi connectivity index (χ2v) is 8.64. The van der Waals surface area contributed by atoms with Gasteiger partial charge in [0, 0.05) is 40.8 Å². The molecule has 37 heavy (non-hydrogen) atoms. The summed E-state index contributed by atoms with van der Waals surface area (Å²) >= 11 is 0. The number of carboxylic acids is 1. The Hall–Kier alpha value is -4.70. The third-order valence-corrected chi connectivity index (χ3v) is 6.05. The van der Waals surface area contributed by atoms with Gasteiger partial charge >= 0.3 is 5.97 Å². The smallest absolute Gasteiger partial charge is 0.336 e. The number of carbonyl (C=O) groups is 3. The van der Waals surface area contributed by atoms with Gasteiger partial charge in [-0.3, -0.25) is 14.4 Å². The minimum atomic E-state index is -1.20. The number of hydrogen-bond acceptors (Lipinski definition) is 7. The maximum Gasteiger partial charge on any atom is 0.336 e. The van der Waals surface area contributed by atoms with E-state index in [9.17, 15) is 29.4 Å². The Morgan fingerprint density at radius 1 is 0.973 bits per heavy atom. The Balaban J connectivity index is 1.73. The Labute approximate surface area is 210 Å². The molecule has 0 spiro atoms. The molecule has 0 fully saturated rings. The van der Waals surface area contributed by atoms with Gasteiger partial charge in [0.05, 0.1) is 11.6 Å². The molecule has 10 heteroatoms. The highest BCUT2D eigenvalue weighted by Crippen LogP contribution is 2.42. The zero-order valence-electron chi connectivity index (χ0n) is 19.7. The van der Waals surface area contributed by atoms with Crippen LogP contribution in [0.2, 0.25) is 0 Å². The van der Waals surface area contributed by atoms with Crippen LogP contribution in [0, 0.1) is 0 Å². The van der Waals surface area contributed by atoms with Gasteiger partial charge in [0.25, 0.3) is 5.91 Å². The van der Waals surface area contributed by atoms with Crippen molar-refractivity contribution in [1.29, 1.82) is 0 Å². The highest BCUT2D eigenvalue weighted by Gasteiger charge is 2.23. The van der Waals surface area contributed by atoms with Crippen molar-refractivity contribution in [1.82, 2.24) is 5.32 Å². The number of hydrogen-bond donors (Lipinski definition) is 5. The molecule has 0 bridgehead atoms. The summed E-state index contributed by atoms with van der Waals surface area (Å²) in [5.74, 6) is -2.05. The van der Waals surface area contributed by atoms with Crippen molar-refractivity contribution in [3.05, 3.63) is 75.9 Å². The fourth-order valence-corrected chi connectivity index (χ4v) is 4.16. The monoisotopic (exact) mass is 503 g/mol. The second kappa shape index (κ2) is 10.5. The van der Waals surface area contributed by atoms with Gasteiger partial charge in [-0.15, -0.1) is 0 Å². The van der Waals surface area contributed by atoms with E-state index in [0.717, 1.165) is 0 Å². The summed E-state index contributed by atoms with van der Waals surface area (Å²) in [4.78, 5) is 48.0. The fraction of sp³-hybridized carbons (Fsp3) is 0.185. The Morgan fingerprint density at radius 3 is 2.49 bits per heavy atom. The Bertz CT molecular complexity index is 1540. The van der Waals surface area contributed by atoms with Crippen LogP contribution in [0.1, 0.15) is 40.0 Å². The lowest BCUT2D eigenvalue weighted by atomic mass is 9.89. The van der Waals surface area contributed by atoms with Gasteiger partial charge in [0.15, 0.2) is 5.43 Å². The van der Waals surface area contributed by atoms with Crippen molar-refractivity contribution >= 4 is 28.8 Å². The molecule has 0 aromatic heterocycles. The Kier molecular flexibility index (Phi) is 7.21. The largest absolute Gasteiger partial charge is 0.508 e. The number of nitrogens with two attached hydrogens (primary N) is 2. The predicted octanol–water partition coefficient (Wildman–Crippen LogP) is 2.68. The highest BCUT2D eigenvalue weighted by atomic mass is 16.4. The molecule has 0 radical (unpaired) electrons. The molecule has 0 unspecified atom stereocenters. The first-order valence-corrected chi connectivity index (χ1v) is 11.6. The lowest BCUT2D eigenvalue weighted by Crippen LogP contribution is -2.36. The van der Waals surface area contributed by atoms with E-state index in [2.05, 4.69) is 5.32 Å². The number of carbonyl (C=O) groups excluding carboxylic acids is 2. The minimum Gasteiger partial charge on any atom is -0.508 e. The van der Waals surface area contributed by atoms with Crippen molar-refractivity contribution < 1.29 is 29.0 Å². The van der Waals surface area contributed by atoms with E-state index in [1.165, 1.54) is 48.5 Å². The molecule has 7 N–H and O–H groups in total. The van der Waals surface area contributed by atoms with Crippen LogP contribution in [-0.2, 0) is 4.79 Å². The lowest BCUT2D eigenvalue weighted by Gasteiger charge is -2.17. The fourth-order valence-electron chi connectivity index (χ4n) is 4.16. The van der Waals surface area contributed by atoms with Gasteiger partial charge < -0.3 is 31.4 Å². The van der Waals surface area contributed by atoms with Crippen molar-refractivity contribution in [3.63, 3.8) is 0 Å². The summed E-state index contributed by atoms with van der Waals surface area (Å²) in [6.07, 6.45) is 1.57. The van der Waals surface area contributed by atoms with Gasteiger partial charge in [-0.05, 0) is 67.3 Å². The molecule has 0 saturated carbocycles. The lowest BCUT2D eigenvalue weighted by molar-refractivity contribution is -0.119. The van der Waals surface area contributed by atoms with Crippen LogP contribution >= 0.6 is 0 Å². The van der Waals surface area contributed by atoms with Crippen molar-refractivity contribution in [3.8, 4) is 28.2 Å². The number of aromatic carboxylic acids is 1. The molecule has 2 amide bonds. The van der Waals surface area contributed by atoms with Crippen LogP contribution in [0.25, 0.3) is 33.4 Å². The molecule has 10 nitrogen and oxygen atoms in total. The molecular weight excluding hydrogens is 478 g/mol. The summed E-state index contributed by atoms with van der Waals surface area (Å²) in [5.41, 5.74) is 12.1. The van der Waals surface area contributed by atoms with E-state index in [0.29, 0.717) is 42.3 Å². The molecular formula is C27H25N3O7. The maximum absolute atomic E-state index is 12.9. The minimum absolute atomic E-state index is 0.0509. The molecule has 1 atom stereocenters. The van der Waals surface area contributed by atoms with E-state index in [1.807, 2.05) is 0 Å². The maximum atomic E-state index is 12.9. The molecule has 1 aliphatic heterocycles. The average Bonchev–Trinajstić information content (AvgIpc) is 2.86. The summed E-state index contributed by atoms with van der Waals surface area (Å²) in [5, 5.41) is 23.2. The first-order valence-electron chi connectivity index (χ1n) is 11.6. The van der Waals surface area contributed by atoms with Crippen LogP contribution in [0.4, 0.5) is 0 Å². The normalized spacial score (nSPS) is 11.9. The van der Waals surface area contributed by atoms with Crippen LogP contribution in [0.3, 0.4) is 0 Å². The van der Waals surface area contributed by atoms with Crippen molar-refractivity contribution in [2.24, 2.45) is 11.5 Å². The molecule has 2 aromatic rings. The van der Waals surface area contributed by atoms with Crippen LogP contribution < -0.4 is 22.2 Å². The Morgan fingerprint density at radius 2 is 1.76 bits per heavy atom. The summed E-state index contributed by atoms with van der Waals surface area (Å²) in [6.45, 7) is 0.321. The first kappa shape index (κ1) is 25.4. The van der Waals surface area contributed by atoms with E-state index >= 15 is 0 Å². The summed E-state index contributed by atoms with van der Waals surface area (Å²) < 4.78 is 5.83. The molecule has 2 aromatic carbocycles. The zero-order valence-corrected chi connectivity index (χ0v) is 19.7. The number of aromatic hydroxyl groups is 1. The van der Waals surface area contributed by atoms with Gasteiger partial charge in [-0.1, -0.05) is 0 Å². The summed E-state index contributed by atoms with van der Waals surface area (Å²) in [7, 11) is 0. The van der Waals surface area contributed by atoms with Gasteiger partial charge in [0.2, 0.25) is 5.91 Å². The molecule has 0 saturated heterocycles. The van der Waals surface area contributed by atoms with Gasteiger partial charge in [0.1, 0.15) is 17.1 Å². The average molecular weight is 504 g/mol. The third-order valence-electron chi connectivity index (χ3n) is 6.05. The number of primary amides is 1. The molecule has 190 valence electrons. The number of fused-ring (bicyclic) bond motifs is 2. The molecule has 2 aliphatic rings. The number of amides is 2. The van der Waals surface area contributed by atoms with E-state index in [-0.39, 0.29) is 39.2 Å². The number of unbranched alkanes of at least 4 members (excludes halogenated alkanes) is 1. The van der Waals surface area contributed by atoms with Crippen molar-refractivity contribution in [2.45, 2.75) is 25.3 Å². The summed E-state index contributed by atoms with van der Waals surface area (Å²) in [6, 6.07) is 12.1. The van der Waals surface area contributed by atoms with Crippen LogP contribution in [0.15, 0.2) is 63.8 Å². The predicted molar refractivity (Wildman–Crippen MR) is 137 cm³/mol. The van der Waals surface area contributed by atoms with Gasteiger partial charge in [-0.25, -0.2) is 4.79 Å². The number of benzene rings is 3. The van der Waals surface area contributed by atoms with E-state index < -0.39 is 23.8 Å². The molecule has 1 heterocycles.